The zero-order valence-corrected chi connectivity index (χ0v) is 15.5. The van der Waals surface area contributed by atoms with Crippen LogP contribution in [0.15, 0.2) is 30.3 Å². The number of terminal acetylenes is 1. The molecule has 144 valence electrons. The third kappa shape index (κ3) is 4.09. The molecule has 1 aliphatic heterocycles. The molecule has 0 bridgehead atoms. The van der Waals surface area contributed by atoms with Crippen molar-refractivity contribution in [3.05, 3.63) is 35.9 Å². The topological polar surface area (TPSA) is 81.9 Å². The van der Waals surface area contributed by atoms with Crippen LogP contribution in [0.5, 0.6) is 0 Å². The van der Waals surface area contributed by atoms with E-state index < -0.39 is 18.1 Å². The lowest BCUT2D eigenvalue weighted by Crippen LogP contribution is -2.47. The zero-order valence-electron chi connectivity index (χ0n) is 15.5. The van der Waals surface area contributed by atoms with Gasteiger partial charge in [0, 0.05) is 12.0 Å². The van der Waals surface area contributed by atoms with Crippen molar-refractivity contribution in [1.82, 2.24) is 4.90 Å². The number of ether oxygens (including phenoxy) is 2. The van der Waals surface area contributed by atoms with Gasteiger partial charge in [0.25, 0.3) is 0 Å². The average molecular weight is 370 g/mol. The van der Waals surface area contributed by atoms with Gasteiger partial charge in [0.15, 0.2) is 0 Å². The van der Waals surface area contributed by atoms with Gasteiger partial charge >= 0.3 is 12.1 Å². The number of benzene rings is 1. The van der Waals surface area contributed by atoms with E-state index in [4.69, 9.17) is 21.6 Å². The Labute approximate surface area is 160 Å². The highest BCUT2D eigenvalue weighted by molar-refractivity contribution is 5.76. The molecule has 1 saturated carbocycles. The van der Waals surface area contributed by atoms with Gasteiger partial charge in [-0.25, -0.2) is 4.79 Å². The van der Waals surface area contributed by atoms with Gasteiger partial charge in [-0.2, -0.15) is 0 Å². The molecule has 1 heterocycles. The minimum Gasteiger partial charge on any atom is -0.461 e. The summed E-state index contributed by atoms with van der Waals surface area (Å²) in [4.78, 5) is 26.3. The Kier molecular flexibility index (Phi) is 6.02. The minimum atomic E-state index is -0.714. The van der Waals surface area contributed by atoms with Crippen molar-refractivity contribution in [2.75, 3.05) is 7.11 Å². The third-order valence-electron chi connectivity index (χ3n) is 5.60. The number of methoxy groups -OCH3 is 1. The molecule has 1 aromatic carbocycles. The Morgan fingerprint density at radius 3 is 2.74 bits per heavy atom. The fourth-order valence-corrected chi connectivity index (χ4v) is 4.31. The van der Waals surface area contributed by atoms with Crippen LogP contribution in [0.25, 0.3) is 0 Å². The number of hydrogen-bond donors (Lipinski definition) is 1. The summed E-state index contributed by atoms with van der Waals surface area (Å²) >= 11 is 0. The van der Waals surface area contributed by atoms with Crippen LogP contribution in [-0.4, -0.2) is 48.3 Å². The van der Waals surface area contributed by atoms with E-state index in [1.807, 2.05) is 30.3 Å². The summed E-state index contributed by atoms with van der Waals surface area (Å²) in [5.41, 5.74) is 7.06. The van der Waals surface area contributed by atoms with Crippen molar-refractivity contribution in [2.45, 2.75) is 56.3 Å². The maximum atomic E-state index is 12.5. The Morgan fingerprint density at radius 2 is 2.07 bits per heavy atom. The highest BCUT2D eigenvalue weighted by Gasteiger charge is 2.49. The molecule has 5 atom stereocenters. The summed E-state index contributed by atoms with van der Waals surface area (Å²) in [6.45, 7) is 0. The first-order chi connectivity index (χ1) is 13.0. The van der Waals surface area contributed by atoms with E-state index in [1.54, 1.807) is 4.90 Å². The molecule has 0 aromatic heterocycles. The van der Waals surface area contributed by atoms with Crippen LogP contribution in [0.1, 0.15) is 31.2 Å². The van der Waals surface area contributed by atoms with E-state index in [2.05, 4.69) is 5.92 Å². The zero-order chi connectivity index (χ0) is 19.4. The molecule has 1 aromatic rings. The maximum absolute atomic E-state index is 12.5. The first-order valence-corrected chi connectivity index (χ1v) is 9.37. The second kappa shape index (κ2) is 8.45. The Morgan fingerprint density at radius 1 is 1.33 bits per heavy atom. The van der Waals surface area contributed by atoms with E-state index in [1.165, 1.54) is 7.11 Å². The Hall–Kier alpha value is -2.52. The van der Waals surface area contributed by atoms with Crippen molar-refractivity contribution < 1.29 is 19.1 Å². The number of amides is 1. The summed E-state index contributed by atoms with van der Waals surface area (Å²) in [6.07, 6.45) is 8.43. The summed E-state index contributed by atoms with van der Waals surface area (Å²) in [7, 11) is 1.35. The molecule has 2 aliphatic rings. The molecule has 6 nitrogen and oxygen atoms in total. The highest BCUT2D eigenvalue weighted by atomic mass is 16.6. The van der Waals surface area contributed by atoms with Crippen molar-refractivity contribution in [1.29, 1.82) is 0 Å². The van der Waals surface area contributed by atoms with Gasteiger partial charge < -0.3 is 15.2 Å². The van der Waals surface area contributed by atoms with Gasteiger partial charge in [0.1, 0.15) is 12.1 Å². The number of likely N-dealkylation sites (tertiary alicyclic amines) is 1. The van der Waals surface area contributed by atoms with E-state index in [0.717, 1.165) is 24.8 Å². The van der Waals surface area contributed by atoms with Crippen LogP contribution in [0, 0.1) is 18.3 Å². The molecule has 3 rings (SSSR count). The van der Waals surface area contributed by atoms with Crippen LogP contribution in [-0.2, 0) is 20.7 Å². The average Bonchev–Trinajstić information content (AvgIpc) is 3.07. The van der Waals surface area contributed by atoms with Gasteiger partial charge in [0.05, 0.1) is 13.2 Å². The lowest BCUT2D eigenvalue weighted by Gasteiger charge is -2.36. The van der Waals surface area contributed by atoms with Crippen LogP contribution in [0.2, 0.25) is 0 Å². The quantitative estimate of drug-likeness (QED) is 0.648. The molecule has 0 radical (unpaired) electrons. The minimum absolute atomic E-state index is 0.0202. The fraction of sp³-hybridized carbons (Fsp3) is 0.524. The second-order valence-electron chi connectivity index (χ2n) is 7.23. The predicted octanol–water partition coefficient (Wildman–Crippen LogP) is 2.11. The van der Waals surface area contributed by atoms with Crippen molar-refractivity contribution in [2.24, 2.45) is 11.7 Å². The molecular formula is C21H26N2O4. The number of nitrogens with two attached hydrogens (primary N) is 1. The summed E-state index contributed by atoms with van der Waals surface area (Å²) in [5, 5.41) is 0. The molecule has 2 fully saturated rings. The maximum Gasteiger partial charge on any atom is 0.410 e. The molecule has 1 aliphatic carbocycles. The number of hydrogen-bond acceptors (Lipinski definition) is 5. The summed E-state index contributed by atoms with van der Waals surface area (Å²) in [6, 6.07) is 8.52. The first kappa shape index (κ1) is 19.2. The number of fused-ring (bicyclic) bond motifs is 1. The number of nitrogens with zero attached hydrogens (tertiary/aromatic N) is 1. The highest BCUT2D eigenvalue weighted by Crippen LogP contribution is 2.41. The van der Waals surface area contributed by atoms with E-state index in [0.29, 0.717) is 12.8 Å². The van der Waals surface area contributed by atoms with Crippen LogP contribution in [0.3, 0.4) is 0 Å². The molecular weight excluding hydrogens is 344 g/mol. The fourth-order valence-electron chi connectivity index (χ4n) is 4.31. The van der Waals surface area contributed by atoms with E-state index in [-0.39, 0.29) is 24.1 Å². The van der Waals surface area contributed by atoms with Gasteiger partial charge in [-0.05, 0) is 37.7 Å². The second-order valence-corrected chi connectivity index (χ2v) is 7.23. The molecule has 1 saturated heterocycles. The number of carbonyl (C=O) groups excluding carboxylic acids is 2. The van der Waals surface area contributed by atoms with Crippen LogP contribution in [0.4, 0.5) is 4.79 Å². The standard InChI is InChI=1S/C21H26N2O4/c1-3-15-13-16-18(23(15)21(25)26-2)10-7-11-19(16)27-20(24)17(22)12-14-8-5-4-6-9-14/h1,4-6,8-9,15-19H,7,10-13,22H2,2H3/t15?,16-,17?,18-,19+/m1/s1. The lowest BCUT2D eigenvalue weighted by atomic mass is 9.82. The number of rotatable bonds is 4. The summed E-state index contributed by atoms with van der Waals surface area (Å²) < 4.78 is 10.7. The van der Waals surface area contributed by atoms with Crippen molar-refractivity contribution in [3.8, 4) is 12.3 Å². The van der Waals surface area contributed by atoms with E-state index >= 15 is 0 Å². The van der Waals surface area contributed by atoms with Gasteiger partial charge in [-0.3, -0.25) is 9.69 Å². The molecule has 27 heavy (non-hydrogen) atoms. The van der Waals surface area contributed by atoms with Crippen molar-refractivity contribution in [3.63, 3.8) is 0 Å². The van der Waals surface area contributed by atoms with Crippen LogP contribution >= 0.6 is 0 Å². The van der Waals surface area contributed by atoms with Crippen molar-refractivity contribution >= 4 is 12.1 Å². The van der Waals surface area contributed by atoms with Gasteiger partial charge in [0.2, 0.25) is 0 Å². The predicted molar refractivity (Wildman–Crippen MR) is 101 cm³/mol. The smallest absolute Gasteiger partial charge is 0.410 e. The normalized spacial score (nSPS) is 28.0. The Bertz CT molecular complexity index is 715. The van der Waals surface area contributed by atoms with Gasteiger partial charge in [-0.1, -0.05) is 36.3 Å². The molecule has 2 N–H and O–H groups in total. The van der Waals surface area contributed by atoms with Crippen LogP contribution < -0.4 is 5.73 Å². The lowest BCUT2D eigenvalue weighted by molar-refractivity contribution is -0.155. The summed E-state index contributed by atoms with van der Waals surface area (Å²) in [5.74, 6) is 2.29. The largest absolute Gasteiger partial charge is 0.461 e. The SMILES string of the molecule is C#CC1C[C@H]2[C@@H](OC(=O)C(N)Cc3ccccc3)CCC[C@H]2N1C(=O)OC. The van der Waals surface area contributed by atoms with Gasteiger partial charge in [-0.15, -0.1) is 6.42 Å². The molecule has 1 amide bonds. The Balaban J connectivity index is 1.66. The third-order valence-corrected chi connectivity index (χ3v) is 5.60. The number of carbonyl (C=O) groups is 2. The molecule has 6 heteroatoms. The number of esters is 1. The monoisotopic (exact) mass is 370 g/mol. The molecule has 0 spiro atoms. The first-order valence-electron chi connectivity index (χ1n) is 9.37. The molecule has 2 unspecified atom stereocenters. The van der Waals surface area contributed by atoms with E-state index in [9.17, 15) is 9.59 Å².